The van der Waals surface area contributed by atoms with Gasteiger partial charge in [0.1, 0.15) is 0 Å². The molecule has 138 valence electrons. The molecule has 3 aromatic rings. The van der Waals surface area contributed by atoms with Crippen LogP contribution in [0, 0.1) is 5.92 Å². The molecule has 2 aromatic heterocycles. The maximum Gasteiger partial charge on any atom is 0.271 e. The van der Waals surface area contributed by atoms with Crippen molar-refractivity contribution in [3.63, 3.8) is 0 Å². The van der Waals surface area contributed by atoms with Crippen LogP contribution in [-0.4, -0.2) is 20.6 Å². The molecular formula is C21H21N3O3. The van der Waals surface area contributed by atoms with Gasteiger partial charge >= 0.3 is 0 Å². The zero-order valence-electron chi connectivity index (χ0n) is 14.9. The molecule has 0 atom stereocenters. The summed E-state index contributed by atoms with van der Waals surface area (Å²) in [7, 11) is 0. The molecule has 1 aromatic carbocycles. The summed E-state index contributed by atoms with van der Waals surface area (Å²) in [5.74, 6) is -0.656. The van der Waals surface area contributed by atoms with E-state index in [4.69, 9.17) is 5.73 Å². The van der Waals surface area contributed by atoms with Gasteiger partial charge in [0.25, 0.3) is 11.5 Å². The Bertz CT molecular complexity index is 1070. The Kier molecular flexibility index (Phi) is 4.39. The lowest BCUT2D eigenvalue weighted by molar-refractivity contribution is 0.0993. The fourth-order valence-electron chi connectivity index (χ4n) is 3.96. The van der Waals surface area contributed by atoms with E-state index in [-0.39, 0.29) is 17.0 Å². The van der Waals surface area contributed by atoms with Crippen molar-refractivity contribution in [3.8, 4) is 16.9 Å². The van der Waals surface area contributed by atoms with E-state index < -0.39 is 5.91 Å². The summed E-state index contributed by atoms with van der Waals surface area (Å²) in [6, 6.07) is 10.9. The Morgan fingerprint density at radius 1 is 1.22 bits per heavy atom. The number of fused-ring (bicyclic) bond motifs is 1. The van der Waals surface area contributed by atoms with Crippen molar-refractivity contribution in [1.82, 2.24) is 9.55 Å². The molecule has 1 fully saturated rings. The molecule has 0 radical (unpaired) electrons. The number of primary amides is 1. The first kappa shape index (κ1) is 17.3. The smallest absolute Gasteiger partial charge is 0.271 e. The molecule has 0 bridgehead atoms. The van der Waals surface area contributed by atoms with Gasteiger partial charge in [-0.1, -0.05) is 43.2 Å². The Morgan fingerprint density at radius 2 is 1.93 bits per heavy atom. The van der Waals surface area contributed by atoms with Crippen LogP contribution in [0.2, 0.25) is 0 Å². The van der Waals surface area contributed by atoms with Crippen LogP contribution in [0.4, 0.5) is 0 Å². The van der Waals surface area contributed by atoms with Gasteiger partial charge in [-0.25, -0.2) is 4.98 Å². The highest BCUT2D eigenvalue weighted by molar-refractivity contribution is 6.00. The second kappa shape index (κ2) is 6.87. The molecule has 4 rings (SSSR count). The number of amides is 1. The number of hydrogen-bond acceptors (Lipinski definition) is 4. The number of aromatic hydroxyl groups is 1. The average molecular weight is 363 g/mol. The van der Waals surface area contributed by atoms with Crippen LogP contribution in [0.3, 0.4) is 0 Å². The number of benzene rings is 1. The number of aromatic nitrogens is 2. The summed E-state index contributed by atoms with van der Waals surface area (Å²) in [6.07, 6.45) is 5.97. The van der Waals surface area contributed by atoms with Gasteiger partial charge in [-0.05, 0) is 30.4 Å². The fraction of sp³-hybridized carbons (Fsp3) is 0.286. The Hall–Kier alpha value is -3.15. The van der Waals surface area contributed by atoms with E-state index in [9.17, 15) is 14.7 Å². The Morgan fingerprint density at radius 3 is 2.59 bits per heavy atom. The summed E-state index contributed by atoms with van der Waals surface area (Å²) in [5, 5.41) is 11.0. The van der Waals surface area contributed by atoms with Gasteiger partial charge in [-0.3, -0.25) is 9.59 Å². The van der Waals surface area contributed by atoms with E-state index in [0.29, 0.717) is 28.9 Å². The lowest BCUT2D eigenvalue weighted by Gasteiger charge is -2.17. The molecule has 1 saturated carbocycles. The maximum atomic E-state index is 13.3. The van der Waals surface area contributed by atoms with Gasteiger partial charge in [-0.2, -0.15) is 0 Å². The predicted octanol–water partition coefficient (Wildman–Crippen LogP) is 3.06. The second-order valence-electron chi connectivity index (χ2n) is 7.11. The van der Waals surface area contributed by atoms with Crippen LogP contribution in [0.5, 0.6) is 5.75 Å². The van der Waals surface area contributed by atoms with Crippen LogP contribution >= 0.6 is 0 Å². The second-order valence-corrected chi connectivity index (χ2v) is 7.11. The first-order valence-corrected chi connectivity index (χ1v) is 9.17. The van der Waals surface area contributed by atoms with Crippen molar-refractivity contribution < 1.29 is 9.90 Å². The molecule has 6 heteroatoms. The number of nitrogens with zero attached hydrogens (tertiary/aromatic N) is 2. The molecule has 0 unspecified atom stereocenters. The highest BCUT2D eigenvalue weighted by Crippen LogP contribution is 2.32. The third-order valence-corrected chi connectivity index (χ3v) is 5.36. The van der Waals surface area contributed by atoms with Crippen LogP contribution < -0.4 is 11.3 Å². The highest BCUT2D eigenvalue weighted by Gasteiger charge is 2.22. The van der Waals surface area contributed by atoms with Crippen LogP contribution in [0.25, 0.3) is 22.0 Å². The molecule has 0 spiro atoms. The van der Waals surface area contributed by atoms with Gasteiger partial charge in [0.15, 0.2) is 11.4 Å². The summed E-state index contributed by atoms with van der Waals surface area (Å²) < 4.78 is 1.69. The van der Waals surface area contributed by atoms with Crippen molar-refractivity contribution in [2.45, 2.75) is 32.2 Å². The summed E-state index contributed by atoms with van der Waals surface area (Å²) >= 11 is 0. The van der Waals surface area contributed by atoms with Gasteiger partial charge < -0.3 is 15.4 Å². The first-order chi connectivity index (χ1) is 13.1. The maximum absolute atomic E-state index is 13.3. The van der Waals surface area contributed by atoms with E-state index in [1.807, 2.05) is 30.3 Å². The van der Waals surface area contributed by atoms with Crippen LogP contribution in [0.1, 0.15) is 36.2 Å². The lowest BCUT2D eigenvalue weighted by Crippen LogP contribution is -2.25. The Labute approximate surface area is 156 Å². The monoisotopic (exact) mass is 363 g/mol. The quantitative estimate of drug-likeness (QED) is 0.744. The van der Waals surface area contributed by atoms with Gasteiger partial charge in [0, 0.05) is 17.5 Å². The van der Waals surface area contributed by atoms with Crippen molar-refractivity contribution in [2.75, 3.05) is 0 Å². The van der Waals surface area contributed by atoms with Crippen molar-refractivity contribution in [2.24, 2.45) is 11.7 Å². The third kappa shape index (κ3) is 3.07. The number of pyridine rings is 2. The SMILES string of the molecule is NC(=O)c1ncc2c(cc(-c3ccccc3)c(=O)n2CC2CCCC2)c1O. The molecule has 1 aliphatic rings. The zero-order valence-corrected chi connectivity index (χ0v) is 14.9. The lowest BCUT2D eigenvalue weighted by atomic mass is 10.0. The van der Waals surface area contributed by atoms with Gasteiger partial charge in [0.05, 0.1) is 11.7 Å². The standard InChI is InChI=1S/C21H21N3O3/c22-20(26)18-19(25)16-10-15(14-8-2-1-3-9-14)21(27)24(17(16)11-23-18)12-13-6-4-5-7-13/h1-3,8-11,13,25H,4-7,12H2,(H2,22,26). The fourth-order valence-corrected chi connectivity index (χ4v) is 3.96. The van der Waals surface area contributed by atoms with Crippen molar-refractivity contribution in [1.29, 1.82) is 0 Å². The van der Waals surface area contributed by atoms with Gasteiger partial charge in [0.2, 0.25) is 0 Å². The molecule has 6 nitrogen and oxygen atoms in total. The van der Waals surface area contributed by atoms with Crippen LogP contribution in [0.15, 0.2) is 47.4 Å². The average Bonchev–Trinajstić information content (AvgIpc) is 3.18. The molecule has 1 amide bonds. The topological polar surface area (TPSA) is 98.2 Å². The normalized spacial score (nSPS) is 14.7. The Balaban J connectivity index is 2.00. The molecule has 3 N–H and O–H groups in total. The minimum Gasteiger partial charge on any atom is -0.505 e. The highest BCUT2D eigenvalue weighted by atomic mass is 16.3. The number of carbonyl (C=O) groups excluding carboxylic acids is 1. The molecule has 0 aliphatic heterocycles. The zero-order chi connectivity index (χ0) is 19.0. The molecule has 0 saturated heterocycles. The van der Waals surface area contributed by atoms with Gasteiger partial charge in [-0.15, -0.1) is 0 Å². The van der Waals surface area contributed by atoms with E-state index in [2.05, 4.69) is 4.98 Å². The number of carbonyl (C=O) groups is 1. The summed E-state index contributed by atoms with van der Waals surface area (Å²) in [4.78, 5) is 28.8. The molecule has 27 heavy (non-hydrogen) atoms. The third-order valence-electron chi connectivity index (χ3n) is 5.36. The number of hydrogen-bond donors (Lipinski definition) is 2. The molecule has 2 heterocycles. The van der Waals surface area contributed by atoms with Crippen LogP contribution in [-0.2, 0) is 6.54 Å². The minimum atomic E-state index is -0.802. The van der Waals surface area contributed by atoms with E-state index in [0.717, 1.165) is 18.4 Å². The number of nitrogens with two attached hydrogens (primary N) is 1. The largest absolute Gasteiger partial charge is 0.505 e. The van der Waals surface area contributed by atoms with E-state index in [1.54, 1.807) is 10.6 Å². The van der Waals surface area contributed by atoms with E-state index >= 15 is 0 Å². The van der Waals surface area contributed by atoms with Crippen molar-refractivity contribution in [3.05, 3.63) is 58.6 Å². The first-order valence-electron chi connectivity index (χ1n) is 9.17. The molecule has 1 aliphatic carbocycles. The van der Waals surface area contributed by atoms with Crippen molar-refractivity contribution >= 4 is 16.8 Å². The summed E-state index contributed by atoms with van der Waals surface area (Å²) in [5.41, 5.74) is 6.79. The van der Waals surface area contributed by atoms with E-state index in [1.165, 1.54) is 19.0 Å². The molecular weight excluding hydrogens is 342 g/mol. The minimum absolute atomic E-state index is 0.117. The predicted molar refractivity (Wildman–Crippen MR) is 104 cm³/mol. The number of rotatable bonds is 4. The summed E-state index contributed by atoms with van der Waals surface area (Å²) in [6.45, 7) is 0.576.